The molecule has 1 fully saturated rings. The van der Waals surface area contributed by atoms with Crippen molar-refractivity contribution in [2.45, 2.75) is 33.1 Å². The lowest BCUT2D eigenvalue weighted by atomic mass is 9.95. The standard InChI is InChI=1S/C16H20BrNO3/c1-3-10-7-11(12(8-10)16(20)21)15(19)18-14-6-9(2)4-5-13(14)17/h4-6,10-12H,3,7-8H2,1-2H3,(H,18,19)(H,20,21). The van der Waals surface area contributed by atoms with Crippen LogP contribution in [0.2, 0.25) is 0 Å². The van der Waals surface area contributed by atoms with Gasteiger partial charge < -0.3 is 10.4 Å². The van der Waals surface area contributed by atoms with Crippen LogP contribution in [0, 0.1) is 24.7 Å². The minimum atomic E-state index is -0.866. The number of carboxylic acids is 1. The number of carboxylic acid groups (broad SMARTS) is 1. The molecule has 1 aromatic carbocycles. The van der Waals surface area contributed by atoms with Gasteiger partial charge in [-0.1, -0.05) is 19.4 Å². The molecule has 0 spiro atoms. The average Bonchev–Trinajstić information content (AvgIpc) is 2.87. The third kappa shape index (κ3) is 3.64. The van der Waals surface area contributed by atoms with Crippen LogP contribution in [0.3, 0.4) is 0 Å². The van der Waals surface area contributed by atoms with Crippen molar-refractivity contribution in [2.75, 3.05) is 5.32 Å². The van der Waals surface area contributed by atoms with Crippen LogP contribution < -0.4 is 5.32 Å². The Hall–Kier alpha value is -1.36. The van der Waals surface area contributed by atoms with Gasteiger partial charge in [0, 0.05) is 4.47 Å². The smallest absolute Gasteiger partial charge is 0.307 e. The molecule has 0 radical (unpaired) electrons. The average molecular weight is 354 g/mol. The van der Waals surface area contributed by atoms with Gasteiger partial charge in [0.15, 0.2) is 0 Å². The van der Waals surface area contributed by atoms with Gasteiger partial charge in [-0.25, -0.2) is 0 Å². The van der Waals surface area contributed by atoms with Crippen LogP contribution in [0.1, 0.15) is 31.7 Å². The summed E-state index contributed by atoms with van der Waals surface area (Å²) in [4.78, 5) is 23.8. The van der Waals surface area contributed by atoms with E-state index in [1.807, 2.05) is 32.0 Å². The molecular weight excluding hydrogens is 334 g/mol. The second-order valence-corrected chi connectivity index (χ2v) is 6.62. The van der Waals surface area contributed by atoms with E-state index in [2.05, 4.69) is 21.2 Å². The third-order valence-electron chi connectivity index (χ3n) is 4.27. The predicted octanol–water partition coefficient (Wildman–Crippen LogP) is 3.83. The van der Waals surface area contributed by atoms with Crippen molar-refractivity contribution >= 4 is 33.5 Å². The van der Waals surface area contributed by atoms with Crippen molar-refractivity contribution in [3.8, 4) is 0 Å². The van der Waals surface area contributed by atoms with E-state index in [0.717, 1.165) is 16.5 Å². The van der Waals surface area contributed by atoms with E-state index in [9.17, 15) is 14.7 Å². The number of hydrogen-bond donors (Lipinski definition) is 2. The third-order valence-corrected chi connectivity index (χ3v) is 4.96. The van der Waals surface area contributed by atoms with Gasteiger partial charge in [-0.05, 0) is 59.3 Å². The summed E-state index contributed by atoms with van der Waals surface area (Å²) in [7, 11) is 0. The molecule has 1 aliphatic rings. The summed E-state index contributed by atoms with van der Waals surface area (Å²) in [5, 5.41) is 12.2. The van der Waals surface area contributed by atoms with E-state index in [0.29, 0.717) is 24.4 Å². The van der Waals surface area contributed by atoms with Crippen LogP contribution >= 0.6 is 15.9 Å². The summed E-state index contributed by atoms with van der Waals surface area (Å²) in [5.74, 6) is -1.75. The molecule has 0 heterocycles. The van der Waals surface area contributed by atoms with Crippen molar-refractivity contribution in [1.82, 2.24) is 0 Å². The molecule has 1 aliphatic carbocycles. The molecule has 114 valence electrons. The summed E-state index contributed by atoms with van der Waals surface area (Å²) >= 11 is 3.41. The number of benzene rings is 1. The Morgan fingerprint density at radius 3 is 2.62 bits per heavy atom. The van der Waals surface area contributed by atoms with E-state index >= 15 is 0 Å². The summed E-state index contributed by atoms with van der Waals surface area (Å²) in [6.07, 6.45) is 2.17. The van der Waals surface area contributed by atoms with Crippen molar-refractivity contribution in [1.29, 1.82) is 0 Å². The SMILES string of the molecule is CCC1CC(C(=O)O)C(C(=O)Nc2cc(C)ccc2Br)C1. The van der Waals surface area contributed by atoms with Crippen LogP contribution in [0.25, 0.3) is 0 Å². The molecule has 1 aromatic rings. The molecule has 3 atom stereocenters. The molecule has 0 aliphatic heterocycles. The Bertz CT molecular complexity index is 558. The monoisotopic (exact) mass is 353 g/mol. The normalized spacial score (nSPS) is 24.8. The van der Waals surface area contributed by atoms with E-state index in [1.54, 1.807) is 0 Å². The second kappa shape index (κ2) is 6.60. The number of anilines is 1. The predicted molar refractivity (Wildman–Crippen MR) is 85.1 cm³/mol. The van der Waals surface area contributed by atoms with E-state index in [-0.39, 0.29) is 5.91 Å². The number of aliphatic carboxylic acids is 1. The maximum Gasteiger partial charge on any atom is 0.307 e. The summed E-state index contributed by atoms with van der Waals surface area (Å²) < 4.78 is 0.804. The van der Waals surface area contributed by atoms with E-state index in [4.69, 9.17) is 0 Å². The largest absolute Gasteiger partial charge is 0.481 e. The molecule has 0 aromatic heterocycles. The van der Waals surface area contributed by atoms with Gasteiger partial charge in [-0.15, -0.1) is 0 Å². The number of rotatable bonds is 4. The van der Waals surface area contributed by atoms with Gasteiger partial charge >= 0.3 is 5.97 Å². The molecule has 4 nitrogen and oxygen atoms in total. The number of amides is 1. The molecule has 0 bridgehead atoms. The first-order valence-corrected chi connectivity index (χ1v) is 8.01. The zero-order chi connectivity index (χ0) is 15.6. The highest BCUT2D eigenvalue weighted by atomic mass is 79.9. The first kappa shape index (κ1) is 16.0. The van der Waals surface area contributed by atoms with Crippen molar-refractivity contribution in [3.05, 3.63) is 28.2 Å². The summed E-state index contributed by atoms with van der Waals surface area (Å²) in [6, 6.07) is 5.70. The molecule has 3 unspecified atom stereocenters. The highest BCUT2D eigenvalue weighted by Gasteiger charge is 2.42. The van der Waals surface area contributed by atoms with Crippen molar-refractivity contribution in [3.63, 3.8) is 0 Å². The number of carbonyl (C=O) groups is 2. The van der Waals surface area contributed by atoms with Crippen LogP contribution in [0.5, 0.6) is 0 Å². The molecule has 1 amide bonds. The first-order valence-electron chi connectivity index (χ1n) is 7.22. The fourth-order valence-electron chi connectivity index (χ4n) is 3.00. The molecule has 21 heavy (non-hydrogen) atoms. The molecule has 2 N–H and O–H groups in total. The molecule has 0 saturated heterocycles. The van der Waals surface area contributed by atoms with Gasteiger partial charge in [0.2, 0.25) is 5.91 Å². The number of nitrogens with one attached hydrogen (secondary N) is 1. The van der Waals surface area contributed by atoms with E-state index < -0.39 is 17.8 Å². The van der Waals surface area contributed by atoms with Gasteiger partial charge in [0.1, 0.15) is 0 Å². The number of carbonyl (C=O) groups excluding carboxylic acids is 1. The van der Waals surface area contributed by atoms with Gasteiger partial charge in [-0.3, -0.25) is 9.59 Å². The van der Waals surface area contributed by atoms with Crippen LogP contribution in [0.15, 0.2) is 22.7 Å². The highest BCUT2D eigenvalue weighted by Crippen LogP contribution is 2.39. The second-order valence-electron chi connectivity index (χ2n) is 5.77. The molecule has 2 rings (SSSR count). The molecule has 5 heteroatoms. The Balaban J connectivity index is 2.15. The topological polar surface area (TPSA) is 66.4 Å². The van der Waals surface area contributed by atoms with Crippen LogP contribution in [-0.2, 0) is 9.59 Å². The lowest BCUT2D eigenvalue weighted by Gasteiger charge is -2.16. The van der Waals surface area contributed by atoms with Crippen LogP contribution in [-0.4, -0.2) is 17.0 Å². The first-order chi connectivity index (χ1) is 9.92. The Labute approximate surface area is 133 Å². The van der Waals surface area contributed by atoms with Crippen LogP contribution in [0.4, 0.5) is 5.69 Å². The molecular formula is C16H20BrNO3. The van der Waals surface area contributed by atoms with Gasteiger partial charge in [0.05, 0.1) is 17.5 Å². The fraction of sp³-hybridized carbons (Fsp3) is 0.500. The Morgan fingerprint density at radius 1 is 1.33 bits per heavy atom. The van der Waals surface area contributed by atoms with Crippen molar-refractivity contribution < 1.29 is 14.7 Å². The lowest BCUT2D eigenvalue weighted by Crippen LogP contribution is -2.30. The molecule has 1 saturated carbocycles. The zero-order valence-corrected chi connectivity index (χ0v) is 13.8. The highest BCUT2D eigenvalue weighted by molar-refractivity contribution is 9.10. The van der Waals surface area contributed by atoms with Crippen molar-refractivity contribution in [2.24, 2.45) is 17.8 Å². The minimum absolute atomic E-state index is 0.190. The maximum absolute atomic E-state index is 12.5. The maximum atomic E-state index is 12.5. The number of halogens is 1. The number of aryl methyl sites for hydroxylation is 1. The van der Waals surface area contributed by atoms with Gasteiger partial charge in [0.25, 0.3) is 0 Å². The van der Waals surface area contributed by atoms with Gasteiger partial charge in [-0.2, -0.15) is 0 Å². The Morgan fingerprint density at radius 2 is 2.00 bits per heavy atom. The summed E-state index contributed by atoms with van der Waals surface area (Å²) in [6.45, 7) is 3.99. The quantitative estimate of drug-likeness (QED) is 0.864. The zero-order valence-electron chi connectivity index (χ0n) is 12.2. The summed E-state index contributed by atoms with van der Waals surface area (Å²) in [5.41, 5.74) is 1.74. The Kier molecular flexibility index (Phi) is 5.04. The van der Waals surface area contributed by atoms with E-state index in [1.165, 1.54) is 0 Å². The minimum Gasteiger partial charge on any atom is -0.481 e. The number of hydrogen-bond acceptors (Lipinski definition) is 2. The fourth-order valence-corrected chi connectivity index (χ4v) is 3.35. The lowest BCUT2D eigenvalue weighted by molar-refractivity contribution is -0.145.